The van der Waals surface area contributed by atoms with Crippen LogP contribution in [0, 0.1) is 0 Å². The summed E-state index contributed by atoms with van der Waals surface area (Å²) in [5, 5.41) is 0.453. The molecule has 0 unspecified atom stereocenters. The van der Waals surface area contributed by atoms with E-state index in [1.54, 1.807) is 25.3 Å². The van der Waals surface area contributed by atoms with E-state index in [0.29, 0.717) is 16.7 Å². The second-order valence-electron chi connectivity index (χ2n) is 3.00. The van der Waals surface area contributed by atoms with E-state index < -0.39 is 0 Å². The van der Waals surface area contributed by atoms with Crippen LogP contribution in [-0.2, 0) is 0 Å². The molecule has 1 heterocycles. The third kappa shape index (κ3) is 1.54. The van der Waals surface area contributed by atoms with Crippen LogP contribution in [-0.4, -0.2) is 14.2 Å². The topological polar surface area (TPSA) is 48.7 Å². The van der Waals surface area contributed by atoms with E-state index in [0.717, 1.165) is 0 Å². The van der Waals surface area contributed by atoms with Gasteiger partial charge in [-0.15, -0.1) is 0 Å². The summed E-state index contributed by atoms with van der Waals surface area (Å²) >= 11 is 0. The number of methoxy groups -OCH3 is 2. The standard InChI is InChI=1S/C11H10O4/c1-13-7-3-4-9-8(5-7)11(12)10(14-2)6-15-9/h3-6H,1-2H3. The quantitative estimate of drug-likeness (QED) is 0.751. The Morgan fingerprint density at radius 3 is 2.67 bits per heavy atom. The van der Waals surface area contributed by atoms with Crippen LogP contribution >= 0.6 is 0 Å². The van der Waals surface area contributed by atoms with Crippen molar-refractivity contribution in [3.05, 3.63) is 34.7 Å². The minimum Gasteiger partial charge on any atom is -0.497 e. The molecule has 0 radical (unpaired) electrons. The third-order valence-electron chi connectivity index (χ3n) is 2.17. The fourth-order valence-electron chi connectivity index (χ4n) is 1.36. The molecule has 2 rings (SSSR count). The van der Waals surface area contributed by atoms with Gasteiger partial charge < -0.3 is 13.9 Å². The first-order valence-electron chi connectivity index (χ1n) is 4.40. The van der Waals surface area contributed by atoms with Crippen LogP contribution in [0.3, 0.4) is 0 Å². The molecule has 0 bridgehead atoms. The molecule has 0 N–H and O–H groups in total. The number of hydrogen-bond donors (Lipinski definition) is 0. The molecule has 0 aliphatic rings. The van der Waals surface area contributed by atoms with E-state index in [1.165, 1.54) is 13.4 Å². The lowest BCUT2D eigenvalue weighted by Crippen LogP contribution is -2.05. The van der Waals surface area contributed by atoms with E-state index in [9.17, 15) is 4.79 Å². The second-order valence-corrected chi connectivity index (χ2v) is 3.00. The molecule has 1 aromatic carbocycles. The molecule has 4 nitrogen and oxygen atoms in total. The Hall–Kier alpha value is -1.97. The normalized spacial score (nSPS) is 10.3. The van der Waals surface area contributed by atoms with Crippen LogP contribution in [0.5, 0.6) is 11.5 Å². The number of hydrogen-bond acceptors (Lipinski definition) is 4. The molecular formula is C11H10O4. The lowest BCUT2D eigenvalue weighted by Gasteiger charge is -2.02. The Morgan fingerprint density at radius 2 is 2.00 bits per heavy atom. The molecule has 0 saturated carbocycles. The lowest BCUT2D eigenvalue weighted by atomic mass is 10.2. The van der Waals surface area contributed by atoms with Gasteiger partial charge >= 0.3 is 0 Å². The minimum absolute atomic E-state index is 0.191. The molecule has 0 amide bonds. The van der Waals surface area contributed by atoms with Gasteiger partial charge in [0.15, 0.2) is 0 Å². The molecule has 0 saturated heterocycles. The van der Waals surface area contributed by atoms with Crippen molar-refractivity contribution in [3.8, 4) is 11.5 Å². The predicted octanol–water partition coefficient (Wildman–Crippen LogP) is 1.81. The van der Waals surface area contributed by atoms with Gasteiger partial charge in [0, 0.05) is 0 Å². The number of benzene rings is 1. The SMILES string of the molecule is COc1ccc2occ(OC)c(=O)c2c1. The number of rotatable bonds is 2. The molecule has 0 aliphatic carbocycles. The van der Waals surface area contributed by atoms with Gasteiger partial charge in [-0.2, -0.15) is 0 Å². The van der Waals surface area contributed by atoms with Crippen LogP contribution in [0.25, 0.3) is 11.0 Å². The van der Waals surface area contributed by atoms with E-state index >= 15 is 0 Å². The van der Waals surface area contributed by atoms with Gasteiger partial charge in [-0.1, -0.05) is 0 Å². The monoisotopic (exact) mass is 206 g/mol. The van der Waals surface area contributed by atoms with E-state index in [1.807, 2.05) is 0 Å². The van der Waals surface area contributed by atoms with E-state index in [-0.39, 0.29) is 11.2 Å². The maximum atomic E-state index is 11.8. The molecule has 0 atom stereocenters. The van der Waals surface area contributed by atoms with Crippen LogP contribution in [0.2, 0.25) is 0 Å². The van der Waals surface area contributed by atoms with Crippen LogP contribution < -0.4 is 14.9 Å². The van der Waals surface area contributed by atoms with E-state index in [2.05, 4.69) is 0 Å². The first kappa shape index (κ1) is 9.58. The summed E-state index contributed by atoms with van der Waals surface area (Å²) in [7, 11) is 2.97. The van der Waals surface area contributed by atoms with Gasteiger partial charge in [0.2, 0.25) is 11.2 Å². The molecule has 0 fully saturated rings. The zero-order chi connectivity index (χ0) is 10.8. The fraction of sp³-hybridized carbons (Fsp3) is 0.182. The van der Waals surface area contributed by atoms with Gasteiger partial charge in [0.25, 0.3) is 0 Å². The zero-order valence-electron chi connectivity index (χ0n) is 8.44. The third-order valence-corrected chi connectivity index (χ3v) is 2.17. The van der Waals surface area contributed by atoms with Crippen LogP contribution in [0.4, 0.5) is 0 Å². The Morgan fingerprint density at radius 1 is 1.20 bits per heavy atom. The average molecular weight is 206 g/mol. The summed E-state index contributed by atoms with van der Waals surface area (Å²) in [5.74, 6) is 0.804. The van der Waals surface area contributed by atoms with Crippen molar-refractivity contribution in [2.45, 2.75) is 0 Å². The van der Waals surface area contributed by atoms with Gasteiger partial charge in [-0.3, -0.25) is 4.79 Å². The minimum atomic E-state index is -0.197. The van der Waals surface area contributed by atoms with Gasteiger partial charge in [0.05, 0.1) is 19.6 Å². The van der Waals surface area contributed by atoms with Gasteiger partial charge in [-0.25, -0.2) is 0 Å². The number of fused-ring (bicyclic) bond motifs is 1. The first-order valence-corrected chi connectivity index (χ1v) is 4.40. The Bertz CT molecular complexity index is 537. The van der Waals surface area contributed by atoms with Gasteiger partial charge in [0.1, 0.15) is 17.6 Å². The molecule has 2 aromatic rings. The highest BCUT2D eigenvalue weighted by atomic mass is 16.5. The summed E-state index contributed by atoms with van der Waals surface area (Å²) in [6.45, 7) is 0. The van der Waals surface area contributed by atoms with Crippen LogP contribution in [0.15, 0.2) is 33.7 Å². The van der Waals surface area contributed by atoms with Crippen molar-refractivity contribution in [1.82, 2.24) is 0 Å². The van der Waals surface area contributed by atoms with Crippen molar-refractivity contribution in [2.24, 2.45) is 0 Å². The summed E-state index contributed by atoms with van der Waals surface area (Å²) in [6, 6.07) is 5.05. The summed E-state index contributed by atoms with van der Waals surface area (Å²) < 4.78 is 15.1. The van der Waals surface area contributed by atoms with Crippen molar-refractivity contribution < 1.29 is 13.9 Å². The van der Waals surface area contributed by atoms with Gasteiger partial charge in [-0.05, 0) is 18.2 Å². The zero-order valence-corrected chi connectivity index (χ0v) is 8.44. The van der Waals surface area contributed by atoms with E-state index in [4.69, 9.17) is 13.9 Å². The second kappa shape index (κ2) is 3.65. The van der Waals surface area contributed by atoms with Crippen molar-refractivity contribution in [1.29, 1.82) is 0 Å². The molecule has 4 heteroatoms. The maximum Gasteiger partial charge on any atom is 0.234 e. The summed E-state index contributed by atoms with van der Waals surface area (Å²) in [6.07, 6.45) is 1.30. The Labute approximate surface area is 86.0 Å². The fourth-order valence-corrected chi connectivity index (χ4v) is 1.36. The molecule has 0 aliphatic heterocycles. The molecule has 78 valence electrons. The molecule has 1 aromatic heterocycles. The lowest BCUT2D eigenvalue weighted by molar-refractivity contribution is 0.393. The Kier molecular flexibility index (Phi) is 2.33. The highest BCUT2D eigenvalue weighted by Crippen LogP contribution is 2.20. The molecule has 0 spiro atoms. The highest BCUT2D eigenvalue weighted by molar-refractivity contribution is 5.79. The molecular weight excluding hydrogens is 196 g/mol. The maximum absolute atomic E-state index is 11.8. The summed E-state index contributed by atoms with van der Waals surface area (Å²) in [5.41, 5.74) is 0.319. The van der Waals surface area contributed by atoms with Crippen LogP contribution in [0.1, 0.15) is 0 Å². The predicted molar refractivity (Wildman–Crippen MR) is 55.6 cm³/mol. The van der Waals surface area contributed by atoms with Crippen molar-refractivity contribution in [3.63, 3.8) is 0 Å². The van der Waals surface area contributed by atoms with Crippen molar-refractivity contribution in [2.75, 3.05) is 14.2 Å². The molecule has 15 heavy (non-hydrogen) atoms. The van der Waals surface area contributed by atoms with Crippen molar-refractivity contribution >= 4 is 11.0 Å². The highest BCUT2D eigenvalue weighted by Gasteiger charge is 2.07. The smallest absolute Gasteiger partial charge is 0.234 e. The summed E-state index contributed by atoms with van der Waals surface area (Å²) in [4.78, 5) is 11.8. The average Bonchev–Trinajstić information content (AvgIpc) is 2.29. The Balaban J connectivity index is 2.78. The first-order chi connectivity index (χ1) is 7.26. The number of ether oxygens (including phenoxy) is 2. The largest absolute Gasteiger partial charge is 0.497 e.